The number of likely N-dealkylation sites (tertiary alicyclic amines) is 1. The van der Waals surface area contributed by atoms with Gasteiger partial charge in [-0.2, -0.15) is 0 Å². The molecule has 0 saturated carbocycles. The molecule has 0 bridgehead atoms. The maximum atomic E-state index is 12.0. The third-order valence-electron chi connectivity index (χ3n) is 4.24. The van der Waals surface area contributed by atoms with E-state index in [1.54, 1.807) is 12.4 Å². The first-order valence-corrected chi connectivity index (χ1v) is 7.20. The number of hydrogen-bond donors (Lipinski definition) is 1. The number of aliphatic hydroxyl groups is 1. The van der Waals surface area contributed by atoms with Crippen molar-refractivity contribution in [2.24, 2.45) is 5.92 Å². The predicted molar refractivity (Wildman–Crippen MR) is 74.2 cm³/mol. The molecule has 108 valence electrons. The fourth-order valence-electron chi connectivity index (χ4n) is 3.12. The van der Waals surface area contributed by atoms with Crippen LogP contribution in [0.25, 0.3) is 0 Å². The third-order valence-corrected chi connectivity index (χ3v) is 4.24. The molecule has 6 nitrogen and oxygen atoms in total. The van der Waals surface area contributed by atoms with E-state index in [1.165, 1.54) is 0 Å². The molecule has 2 aliphatic rings. The number of hydrogen-bond acceptors (Lipinski definition) is 5. The lowest BCUT2D eigenvalue weighted by atomic mass is 10.0. The molecule has 6 heteroatoms. The van der Waals surface area contributed by atoms with Crippen LogP contribution in [0, 0.1) is 5.92 Å². The second kappa shape index (κ2) is 5.75. The van der Waals surface area contributed by atoms with E-state index in [9.17, 15) is 9.90 Å². The van der Waals surface area contributed by atoms with Gasteiger partial charge in [0.25, 0.3) is 0 Å². The average molecular weight is 276 g/mol. The predicted octanol–water partition coefficient (Wildman–Crippen LogP) is 0.286. The van der Waals surface area contributed by atoms with Crippen molar-refractivity contribution in [2.45, 2.75) is 25.3 Å². The van der Waals surface area contributed by atoms with Gasteiger partial charge in [-0.15, -0.1) is 0 Å². The fourth-order valence-corrected chi connectivity index (χ4v) is 3.12. The van der Waals surface area contributed by atoms with Gasteiger partial charge in [0.2, 0.25) is 11.9 Å². The number of aromatic nitrogens is 2. The molecule has 0 aromatic carbocycles. The number of amides is 1. The summed E-state index contributed by atoms with van der Waals surface area (Å²) in [6, 6.07) is 2.12. The van der Waals surface area contributed by atoms with Crippen LogP contribution in [0.2, 0.25) is 0 Å². The van der Waals surface area contributed by atoms with Gasteiger partial charge >= 0.3 is 0 Å². The van der Waals surface area contributed by atoms with Gasteiger partial charge in [0, 0.05) is 57.0 Å². The highest BCUT2D eigenvalue weighted by Gasteiger charge is 2.35. The summed E-state index contributed by atoms with van der Waals surface area (Å²) in [7, 11) is 0. The van der Waals surface area contributed by atoms with Gasteiger partial charge < -0.3 is 14.9 Å². The molecule has 1 aromatic heterocycles. The van der Waals surface area contributed by atoms with Gasteiger partial charge in [-0.25, -0.2) is 9.97 Å². The minimum Gasteiger partial charge on any atom is -0.396 e. The maximum absolute atomic E-state index is 12.0. The number of anilines is 1. The number of aliphatic hydroxyl groups excluding tert-OH is 1. The second-order valence-electron chi connectivity index (χ2n) is 5.57. The van der Waals surface area contributed by atoms with Crippen molar-refractivity contribution in [3.63, 3.8) is 0 Å². The summed E-state index contributed by atoms with van der Waals surface area (Å²) in [5.74, 6) is 1.09. The summed E-state index contributed by atoms with van der Waals surface area (Å²) in [5, 5.41) is 9.19. The van der Waals surface area contributed by atoms with Crippen molar-refractivity contribution in [1.29, 1.82) is 0 Å². The Morgan fingerprint density at radius 2 is 1.95 bits per heavy atom. The number of piperidine rings is 1. The Hall–Kier alpha value is -1.69. The summed E-state index contributed by atoms with van der Waals surface area (Å²) in [5.41, 5.74) is 0. The summed E-state index contributed by atoms with van der Waals surface area (Å²) in [6.45, 7) is 2.57. The molecule has 0 spiro atoms. The van der Waals surface area contributed by atoms with Crippen molar-refractivity contribution in [3.05, 3.63) is 18.5 Å². The molecule has 0 aliphatic carbocycles. The van der Waals surface area contributed by atoms with Gasteiger partial charge in [-0.05, 0) is 18.9 Å². The first kappa shape index (κ1) is 13.3. The molecule has 2 saturated heterocycles. The van der Waals surface area contributed by atoms with E-state index in [2.05, 4.69) is 14.9 Å². The van der Waals surface area contributed by atoms with Crippen LogP contribution in [0.4, 0.5) is 5.95 Å². The monoisotopic (exact) mass is 276 g/mol. The Balaban J connectivity index is 1.58. The van der Waals surface area contributed by atoms with Gasteiger partial charge in [-0.1, -0.05) is 0 Å². The van der Waals surface area contributed by atoms with Crippen LogP contribution < -0.4 is 4.90 Å². The number of nitrogens with zero attached hydrogens (tertiary/aromatic N) is 4. The molecule has 1 N–H and O–H groups in total. The summed E-state index contributed by atoms with van der Waals surface area (Å²) in [4.78, 5) is 24.6. The Morgan fingerprint density at radius 3 is 2.55 bits per heavy atom. The van der Waals surface area contributed by atoms with Gasteiger partial charge in [0.1, 0.15) is 0 Å². The quantitative estimate of drug-likeness (QED) is 0.859. The lowest BCUT2D eigenvalue weighted by Crippen LogP contribution is -2.46. The van der Waals surface area contributed by atoms with Crippen LogP contribution in [-0.2, 0) is 4.79 Å². The van der Waals surface area contributed by atoms with Gasteiger partial charge in [0.15, 0.2) is 0 Å². The summed E-state index contributed by atoms with van der Waals surface area (Å²) >= 11 is 0. The summed E-state index contributed by atoms with van der Waals surface area (Å²) in [6.07, 6.45) is 5.90. The minimum atomic E-state index is 0.110. The molecule has 1 aromatic rings. The standard InChI is InChI=1S/C14H20N4O2/c19-10-11-8-13(20)18(9-11)12-2-6-17(7-3-12)14-15-4-1-5-16-14/h1,4-5,11-12,19H,2-3,6-10H2. The van der Waals surface area contributed by atoms with Crippen molar-refractivity contribution in [2.75, 3.05) is 31.1 Å². The van der Waals surface area contributed by atoms with Crippen LogP contribution in [-0.4, -0.2) is 58.2 Å². The average Bonchev–Trinajstić information content (AvgIpc) is 2.89. The van der Waals surface area contributed by atoms with Gasteiger partial charge in [-0.3, -0.25) is 4.79 Å². The first-order chi connectivity index (χ1) is 9.78. The first-order valence-electron chi connectivity index (χ1n) is 7.20. The molecule has 3 rings (SSSR count). The zero-order valence-corrected chi connectivity index (χ0v) is 11.5. The SMILES string of the molecule is O=C1CC(CO)CN1C1CCN(c2ncccn2)CC1. The molecular weight excluding hydrogens is 256 g/mol. The maximum Gasteiger partial charge on any atom is 0.225 e. The van der Waals surface area contributed by atoms with Crippen molar-refractivity contribution in [3.8, 4) is 0 Å². The van der Waals surface area contributed by atoms with E-state index in [4.69, 9.17) is 0 Å². The largest absolute Gasteiger partial charge is 0.396 e. The third kappa shape index (κ3) is 2.60. The van der Waals surface area contributed by atoms with E-state index in [1.807, 2.05) is 11.0 Å². The smallest absolute Gasteiger partial charge is 0.225 e. The van der Waals surface area contributed by atoms with E-state index in [0.29, 0.717) is 19.0 Å². The van der Waals surface area contributed by atoms with Gasteiger partial charge in [0.05, 0.1) is 0 Å². The Kier molecular flexibility index (Phi) is 3.82. The normalized spacial score (nSPS) is 24.4. The molecule has 1 atom stereocenters. The van der Waals surface area contributed by atoms with E-state index >= 15 is 0 Å². The number of rotatable bonds is 3. The topological polar surface area (TPSA) is 69.6 Å². The molecule has 20 heavy (non-hydrogen) atoms. The molecule has 3 heterocycles. The van der Waals surface area contributed by atoms with Crippen LogP contribution in [0.5, 0.6) is 0 Å². The van der Waals surface area contributed by atoms with Crippen LogP contribution >= 0.6 is 0 Å². The highest BCUT2D eigenvalue weighted by atomic mass is 16.3. The highest BCUT2D eigenvalue weighted by molar-refractivity contribution is 5.79. The Morgan fingerprint density at radius 1 is 1.25 bits per heavy atom. The zero-order valence-electron chi connectivity index (χ0n) is 11.5. The lowest BCUT2D eigenvalue weighted by molar-refractivity contribution is -0.130. The molecule has 2 fully saturated rings. The molecule has 0 radical (unpaired) electrons. The zero-order chi connectivity index (χ0) is 13.9. The van der Waals surface area contributed by atoms with Crippen molar-refractivity contribution >= 4 is 11.9 Å². The number of carbonyl (C=O) groups is 1. The molecule has 2 aliphatic heterocycles. The lowest BCUT2D eigenvalue weighted by Gasteiger charge is -2.36. The minimum absolute atomic E-state index is 0.110. The number of carbonyl (C=O) groups excluding carboxylic acids is 1. The van der Waals surface area contributed by atoms with Crippen molar-refractivity contribution < 1.29 is 9.90 Å². The van der Waals surface area contributed by atoms with E-state index in [-0.39, 0.29) is 18.4 Å². The van der Waals surface area contributed by atoms with Crippen molar-refractivity contribution in [1.82, 2.24) is 14.9 Å². The highest BCUT2D eigenvalue weighted by Crippen LogP contribution is 2.26. The molecular formula is C14H20N4O2. The summed E-state index contributed by atoms with van der Waals surface area (Å²) < 4.78 is 0. The molecule has 1 unspecified atom stereocenters. The second-order valence-corrected chi connectivity index (χ2v) is 5.57. The Bertz CT molecular complexity index is 460. The molecule has 1 amide bonds. The van der Waals surface area contributed by atoms with E-state index < -0.39 is 0 Å². The Labute approximate surface area is 118 Å². The van der Waals surface area contributed by atoms with Crippen LogP contribution in [0.15, 0.2) is 18.5 Å². The van der Waals surface area contributed by atoms with Crippen LogP contribution in [0.1, 0.15) is 19.3 Å². The van der Waals surface area contributed by atoms with Crippen LogP contribution in [0.3, 0.4) is 0 Å². The van der Waals surface area contributed by atoms with E-state index in [0.717, 1.165) is 31.9 Å². The fraction of sp³-hybridized carbons (Fsp3) is 0.643.